The first-order valence-corrected chi connectivity index (χ1v) is 9.93. The number of hydrogen-bond donors (Lipinski definition) is 2. The van der Waals surface area contributed by atoms with Crippen molar-refractivity contribution in [2.24, 2.45) is 0 Å². The maximum absolute atomic E-state index is 12.8. The summed E-state index contributed by atoms with van der Waals surface area (Å²) < 4.78 is 0. The second-order valence-corrected chi connectivity index (χ2v) is 7.46. The van der Waals surface area contributed by atoms with E-state index in [-0.39, 0.29) is 11.8 Å². The zero-order valence-corrected chi connectivity index (χ0v) is 16.6. The van der Waals surface area contributed by atoms with E-state index in [1.54, 1.807) is 24.3 Å². The molecule has 29 heavy (non-hydrogen) atoms. The first-order valence-electron chi connectivity index (χ1n) is 9.93. The quantitative estimate of drug-likeness (QED) is 0.783. The van der Waals surface area contributed by atoms with E-state index in [0.717, 1.165) is 18.4 Å². The van der Waals surface area contributed by atoms with Crippen molar-refractivity contribution in [2.45, 2.75) is 45.1 Å². The lowest BCUT2D eigenvalue weighted by Gasteiger charge is -2.33. The maximum atomic E-state index is 12.8. The van der Waals surface area contributed by atoms with E-state index in [4.69, 9.17) is 0 Å². The van der Waals surface area contributed by atoms with Gasteiger partial charge in [0.25, 0.3) is 5.91 Å². The second kappa shape index (κ2) is 9.37. The Labute approximate surface area is 170 Å². The van der Waals surface area contributed by atoms with Crippen LogP contribution in [0.15, 0.2) is 48.5 Å². The molecule has 1 atom stereocenters. The average molecular weight is 394 g/mol. The normalized spacial score (nSPS) is 16.3. The molecule has 3 rings (SSSR count). The van der Waals surface area contributed by atoms with Gasteiger partial charge in [-0.3, -0.25) is 9.59 Å². The predicted molar refractivity (Wildman–Crippen MR) is 111 cm³/mol. The lowest BCUT2D eigenvalue weighted by molar-refractivity contribution is -0.143. The summed E-state index contributed by atoms with van der Waals surface area (Å²) in [6, 6.07) is 14.0. The van der Waals surface area contributed by atoms with Crippen LogP contribution in [0.25, 0.3) is 0 Å². The highest BCUT2D eigenvalue weighted by Gasteiger charge is 2.32. The Morgan fingerprint density at radius 2 is 1.86 bits per heavy atom. The Kier molecular flexibility index (Phi) is 6.65. The zero-order chi connectivity index (χ0) is 20.8. The van der Waals surface area contributed by atoms with Crippen LogP contribution < -0.4 is 5.32 Å². The van der Waals surface area contributed by atoms with E-state index in [9.17, 15) is 19.5 Å². The summed E-state index contributed by atoms with van der Waals surface area (Å²) >= 11 is 0. The molecule has 1 aliphatic heterocycles. The third-order valence-corrected chi connectivity index (χ3v) is 5.20. The number of carbonyl (C=O) groups is 3. The number of carbonyl (C=O) groups excluding carboxylic acids is 2. The van der Waals surface area contributed by atoms with Crippen LogP contribution in [0.3, 0.4) is 0 Å². The van der Waals surface area contributed by atoms with Crippen molar-refractivity contribution in [2.75, 3.05) is 11.9 Å². The molecule has 2 N–H and O–H groups in total. The number of nitrogens with one attached hydrogen (secondary N) is 1. The SMILES string of the molecule is Cc1ccc(CCC(=O)Nc2cccc(C(=O)N3CCCCC3C(=O)O)c2)cc1. The molecule has 1 aliphatic rings. The molecule has 1 heterocycles. The Hall–Kier alpha value is -3.15. The molecule has 0 saturated carbocycles. The topological polar surface area (TPSA) is 86.7 Å². The average Bonchev–Trinajstić information content (AvgIpc) is 2.73. The number of hydrogen-bond acceptors (Lipinski definition) is 3. The highest BCUT2D eigenvalue weighted by Crippen LogP contribution is 2.21. The summed E-state index contributed by atoms with van der Waals surface area (Å²) in [5.74, 6) is -1.41. The lowest BCUT2D eigenvalue weighted by Crippen LogP contribution is -2.48. The first kappa shape index (κ1) is 20.6. The molecular weight excluding hydrogens is 368 g/mol. The number of benzene rings is 2. The van der Waals surface area contributed by atoms with Gasteiger partial charge < -0.3 is 15.3 Å². The maximum Gasteiger partial charge on any atom is 0.326 e. The van der Waals surface area contributed by atoms with Crippen molar-refractivity contribution in [3.8, 4) is 0 Å². The fraction of sp³-hybridized carbons (Fsp3) is 0.348. The molecule has 152 valence electrons. The number of anilines is 1. The number of aryl methyl sites for hydroxylation is 2. The predicted octanol–water partition coefficient (Wildman–Crippen LogP) is 3.65. The van der Waals surface area contributed by atoms with Crippen molar-refractivity contribution in [1.82, 2.24) is 4.90 Å². The number of amides is 2. The van der Waals surface area contributed by atoms with Gasteiger partial charge in [0.1, 0.15) is 6.04 Å². The fourth-order valence-electron chi connectivity index (χ4n) is 3.56. The van der Waals surface area contributed by atoms with E-state index in [1.807, 2.05) is 31.2 Å². The third-order valence-electron chi connectivity index (χ3n) is 5.20. The Morgan fingerprint density at radius 1 is 1.10 bits per heavy atom. The number of nitrogens with zero attached hydrogens (tertiary/aromatic N) is 1. The molecule has 1 unspecified atom stereocenters. The lowest BCUT2D eigenvalue weighted by atomic mass is 10.0. The summed E-state index contributed by atoms with van der Waals surface area (Å²) in [5.41, 5.74) is 3.20. The van der Waals surface area contributed by atoms with Crippen LogP contribution in [0.1, 0.15) is 47.2 Å². The number of piperidine rings is 1. The van der Waals surface area contributed by atoms with Crippen molar-refractivity contribution >= 4 is 23.5 Å². The minimum absolute atomic E-state index is 0.128. The van der Waals surface area contributed by atoms with Gasteiger partial charge >= 0.3 is 5.97 Å². The van der Waals surface area contributed by atoms with Gasteiger partial charge in [0, 0.05) is 24.2 Å². The summed E-state index contributed by atoms with van der Waals surface area (Å²) in [4.78, 5) is 38.0. The summed E-state index contributed by atoms with van der Waals surface area (Å²) in [5, 5.41) is 12.2. The second-order valence-electron chi connectivity index (χ2n) is 7.46. The van der Waals surface area contributed by atoms with Crippen LogP contribution in [0.5, 0.6) is 0 Å². The summed E-state index contributed by atoms with van der Waals surface area (Å²) in [7, 11) is 0. The number of aliphatic carboxylic acids is 1. The van der Waals surface area contributed by atoms with Gasteiger partial charge in [0.05, 0.1) is 0 Å². The van der Waals surface area contributed by atoms with Gasteiger partial charge in [-0.25, -0.2) is 4.79 Å². The van der Waals surface area contributed by atoms with Crippen LogP contribution >= 0.6 is 0 Å². The van der Waals surface area contributed by atoms with Crippen molar-refractivity contribution < 1.29 is 19.5 Å². The molecule has 2 aromatic rings. The zero-order valence-electron chi connectivity index (χ0n) is 16.6. The minimum Gasteiger partial charge on any atom is -0.480 e. The fourth-order valence-corrected chi connectivity index (χ4v) is 3.56. The van der Waals surface area contributed by atoms with Crippen LogP contribution in [0.2, 0.25) is 0 Å². The molecule has 0 bridgehead atoms. The molecule has 1 saturated heterocycles. The molecule has 0 spiro atoms. The molecule has 1 fully saturated rings. The molecule has 6 heteroatoms. The van der Waals surface area contributed by atoms with E-state index in [1.165, 1.54) is 10.5 Å². The van der Waals surface area contributed by atoms with E-state index in [2.05, 4.69) is 5.32 Å². The smallest absolute Gasteiger partial charge is 0.326 e. The minimum atomic E-state index is -0.974. The van der Waals surface area contributed by atoms with Gasteiger partial charge in [0.15, 0.2) is 0 Å². The molecule has 0 radical (unpaired) electrons. The standard InChI is InChI=1S/C23H26N2O4/c1-16-8-10-17(11-9-16)12-13-21(26)24-19-6-4-5-18(15-19)22(27)25-14-3-2-7-20(25)23(28)29/h4-6,8-11,15,20H,2-3,7,12-14H2,1H3,(H,24,26)(H,28,29). The van der Waals surface area contributed by atoms with Gasteiger partial charge in [-0.2, -0.15) is 0 Å². The molecule has 2 aromatic carbocycles. The number of likely N-dealkylation sites (tertiary alicyclic amines) is 1. The van der Waals surface area contributed by atoms with E-state index in [0.29, 0.717) is 37.1 Å². The summed E-state index contributed by atoms with van der Waals surface area (Å²) in [6.45, 7) is 2.45. The van der Waals surface area contributed by atoms with Gasteiger partial charge in [-0.05, 0) is 56.4 Å². The molecule has 6 nitrogen and oxygen atoms in total. The number of carboxylic acid groups (broad SMARTS) is 1. The van der Waals surface area contributed by atoms with Gasteiger partial charge in [-0.15, -0.1) is 0 Å². The monoisotopic (exact) mass is 394 g/mol. The molecular formula is C23H26N2O4. The molecule has 0 aromatic heterocycles. The molecule has 0 aliphatic carbocycles. The first-order chi connectivity index (χ1) is 13.9. The number of carboxylic acids is 1. The third kappa shape index (κ3) is 5.44. The van der Waals surface area contributed by atoms with Crippen molar-refractivity contribution in [3.63, 3.8) is 0 Å². The van der Waals surface area contributed by atoms with Crippen molar-refractivity contribution in [1.29, 1.82) is 0 Å². The highest BCUT2D eigenvalue weighted by atomic mass is 16.4. The van der Waals surface area contributed by atoms with E-state index >= 15 is 0 Å². The van der Waals surface area contributed by atoms with Crippen LogP contribution in [-0.2, 0) is 16.0 Å². The number of rotatable bonds is 6. The van der Waals surface area contributed by atoms with Gasteiger partial charge in [0.2, 0.25) is 5.91 Å². The van der Waals surface area contributed by atoms with E-state index < -0.39 is 12.0 Å². The largest absolute Gasteiger partial charge is 0.480 e. The van der Waals surface area contributed by atoms with Crippen LogP contribution in [-0.4, -0.2) is 40.4 Å². The Morgan fingerprint density at radius 3 is 2.59 bits per heavy atom. The Bertz CT molecular complexity index is 892. The summed E-state index contributed by atoms with van der Waals surface area (Å²) in [6.07, 6.45) is 3.05. The van der Waals surface area contributed by atoms with Crippen molar-refractivity contribution in [3.05, 3.63) is 65.2 Å². The Balaban J connectivity index is 1.62. The molecule has 2 amide bonds. The van der Waals surface area contributed by atoms with Gasteiger partial charge in [-0.1, -0.05) is 35.9 Å². The van der Waals surface area contributed by atoms with Crippen LogP contribution in [0.4, 0.5) is 5.69 Å². The highest BCUT2D eigenvalue weighted by molar-refractivity contribution is 5.99. The van der Waals surface area contributed by atoms with Crippen LogP contribution in [0, 0.1) is 6.92 Å².